The average molecular weight is 392 g/mol. The Labute approximate surface area is 160 Å². The molecule has 3 rings (SSSR count). The summed E-state index contributed by atoms with van der Waals surface area (Å²) < 4.78 is 11.0. The van der Waals surface area contributed by atoms with E-state index in [0.717, 1.165) is 4.88 Å². The number of aromatic nitrogens is 2. The first-order valence-electron chi connectivity index (χ1n) is 8.11. The van der Waals surface area contributed by atoms with E-state index in [-0.39, 0.29) is 12.5 Å². The number of halogens is 1. The van der Waals surface area contributed by atoms with E-state index >= 15 is 0 Å². The molecule has 3 aromatic rings. The Kier molecular flexibility index (Phi) is 5.90. The van der Waals surface area contributed by atoms with Gasteiger partial charge >= 0.3 is 0 Å². The molecule has 136 valence electrons. The molecular formula is C18H18ClN3O3S. The van der Waals surface area contributed by atoms with Crippen molar-refractivity contribution >= 4 is 28.8 Å². The fourth-order valence-electron chi connectivity index (χ4n) is 2.35. The van der Waals surface area contributed by atoms with E-state index in [1.54, 1.807) is 19.2 Å². The van der Waals surface area contributed by atoms with E-state index in [2.05, 4.69) is 10.1 Å². The molecule has 0 bridgehead atoms. The van der Waals surface area contributed by atoms with E-state index in [9.17, 15) is 4.79 Å². The Morgan fingerprint density at radius 2 is 2.15 bits per heavy atom. The Bertz CT molecular complexity index is 866. The van der Waals surface area contributed by atoms with Gasteiger partial charge in [0.25, 0.3) is 5.91 Å². The number of nitrogens with zero attached hydrogens (tertiary/aromatic N) is 3. The summed E-state index contributed by atoms with van der Waals surface area (Å²) in [5, 5.41) is 6.37. The Balaban J connectivity index is 1.65. The molecule has 0 aliphatic heterocycles. The molecular weight excluding hydrogens is 374 g/mol. The summed E-state index contributed by atoms with van der Waals surface area (Å²) in [5.74, 6) is 1.20. The molecule has 0 N–H and O–H groups in total. The lowest BCUT2D eigenvalue weighted by molar-refractivity contribution is -0.138. The van der Waals surface area contributed by atoms with Gasteiger partial charge in [-0.15, -0.1) is 11.3 Å². The molecule has 0 saturated carbocycles. The number of para-hydroxylation sites is 1. The van der Waals surface area contributed by atoms with Crippen molar-refractivity contribution in [1.82, 2.24) is 15.0 Å². The molecule has 0 spiro atoms. The maximum atomic E-state index is 12.7. The minimum Gasteiger partial charge on any atom is -0.479 e. The molecule has 1 aromatic carbocycles. The van der Waals surface area contributed by atoms with Gasteiger partial charge in [-0.3, -0.25) is 4.79 Å². The van der Waals surface area contributed by atoms with Crippen LogP contribution in [0.3, 0.4) is 0 Å². The van der Waals surface area contributed by atoms with E-state index < -0.39 is 6.10 Å². The van der Waals surface area contributed by atoms with Crippen LogP contribution in [-0.4, -0.2) is 34.1 Å². The van der Waals surface area contributed by atoms with Gasteiger partial charge in [-0.25, -0.2) is 0 Å². The summed E-state index contributed by atoms with van der Waals surface area (Å²) in [6.45, 7) is 2.09. The van der Waals surface area contributed by atoms with Crippen LogP contribution in [-0.2, 0) is 11.3 Å². The second-order valence-electron chi connectivity index (χ2n) is 5.63. The molecule has 0 unspecified atom stereocenters. The predicted octanol–water partition coefficient (Wildman–Crippen LogP) is 4.27. The fourth-order valence-corrected chi connectivity index (χ4v) is 3.18. The van der Waals surface area contributed by atoms with Crippen molar-refractivity contribution < 1.29 is 14.1 Å². The van der Waals surface area contributed by atoms with Crippen molar-refractivity contribution in [3.05, 3.63) is 52.7 Å². The highest BCUT2D eigenvalue weighted by atomic mass is 35.5. The molecule has 0 saturated heterocycles. The highest BCUT2D eigenvalue weighted by Gasteiger charge is 2.24. The van der Waals surface area contributed by atoms with Crippen LogP contribution >= 0.6 is 22.9 Å². The van der Waals surface area contributed by atoms with Gasteiger partial charge in [0.2, 0.25) is 11.7 Å². The van der Waals surface area contributed by atoms with E-state index in [1.807, 2.05) is 36.6 Å². The van der Waals surface area contributed by atoms with Gasteiger partial charge < -0.3 is 14.2 Å². The van der Waals surface area contributed by atoms with Crippen molar-refractivity contribution in [3.8, 4) is 16.5 Å². The molecule has 0 radical (unpaired) electrons. The largest absolute Gasteiger partial charge is 0.479 e. The highest BCUT2D eigenvalue weighted by Crippen LogP contribution is 2.25. The van der Waals surface area contributed by atoms with Crippen LogP contribution in [0.4, 0.5) is 0 Å². The summed E-state index contributed by atoms with van der Waals surface area (Å²) >= 11 is 7.64. The first kappa shape index (κ1) is 18.4. The number of carbonyl (C=O) groups excluding carboxylic acids is 1. The minimum atomic E-state index is -0.639. The van der Waals surface area contributed by atoms with Crippen molar-refractivity contribution in [2.75, 3.05) is 7.05 Å². The number of benzene rings is 1. The predicted molar refractivity (Wildman–Crippen MR) is 100 cm³/mol. The molecule has 1 atom stereocenters. The number of ether oxygens (including phenoxy) is 1. The third-order valence-corrected chi connectivity index (χ3v) is 4.89. The zero-order chi connectivity index (χ0) is 18.5. The second kappa shape index (κ2) is 8.33. The Morgan fingerprint density at radius 1 is 1.35 bits per heavy atom. The minimum absolute atomic E-state index is 0.178. The third kappa shape index (κ3) is 4.23. The van der Waals surface area contributed by atoms with Crippen molar-refractivity contribution in [2.24, 2.45) is 0 Å². The Hall–Kier alpha value is -2.38. The summed E-state index contributed by atoms with van der Waals surface area (Å²) in [6.07, 6.45) is -0.127. The summed E-state index contributed by atoms with van der Waals surface area (Å²) in [5.41, 5.74) is 0. The van der Waals surface area contributed by atoms with Crippen molar-refractivity contribution in [2.45, 2.75) is 26.0 Å². The highest BCUT2D eigenvalue weighted by molar-refractivity contribution is 7.13. The van der Waals surface area contributed by atoms with E-state index in [1.165, 1.54) is 16.2 Å². The molecule has 6 nitrogen and oxygen atoms in total. The van der Waals surface area contributed by atoms with Gasteiger partial charge in [-0.1, -0.05) is 41.9 Å². The third-order valence-electron chi connectivity index (χ3n) is 3.71. The maximum absolute atomic E-state index is 12.7. The molecule has 2 heterocycles. The molecule has 1 amide bonds. The Morgan fingerprint density at radius 3 is 2.85 bits per heavy atom. The summed E-state index contributed by atoms with van der Waals surface area (Å²) in [6, 6.07) is 10.9. The monoisotopic (exact) mass is 391 g/mol. The van der Waals surface area contributed by atoms with Gasteiger partial charge in [0.1, 0.15) is 5.75 Å². The lowest BCUT2D eigenvalue weighted by Gasteiger charge is -2.23. The first-order chi connectivity index (χ1) is 12.6. The van der Waals surface area contributed by atoms with Crippen LogP contribution in [0.25, 0.3) is 10.7 Å². The van der Waals surface area contributed by atoms with Crippen LogP contribution in [0.15, 0.2) is 46.3 Å². The number of likely N-dealkylation sites (N-methyl/N-ethyl adjacent to an activating group) is 1. The lowest BCUT2D eigenvalue weighted by Crippen LogP contribution is -2.39. The standard InChI is InChI=1S/C18H18ClN3O3S/c1-3-13(24-14-8-5-4-7-12(14)19)18(23)22(2)11-16-20-17(21-25-16)15-9-6-10-26-15/h4-10,13H,3,11H2,1-2H3/t13-/m0/s1. The van der Waals surface area contributed by atoms with Gasteiger partial charge in [0, 0.05) is 7.05 Å². The molecule has 0 fully saturated rings. The van der Waals surface area contributed by atoms with Crippen LogP contribution in [0.5, 0.6) is 5.75 Å². The van der Waals surface area contributed by atoms with Crippen LogP contribution in [0, 0.1) is 0 Å². The lowest BCUT2D eigenvalue weighted by atomic mass is 10.2. The summed E-state index contributed by atoms with van der Waals surface area (Å²) in [7, 11) is 1.68. The quantitative estimate of drug-likeness (QED) is 0.601. The normalized spacial score (nSPS) is 12.0. The van der Waals surface area contributed by atoms with E-state index in [4.69, 9.17) is 20.9 Å². The number of thiophene rings is 1. The number of hydrogen-bond donors (Lipinski definition) is 0. The molecule has 0 aliphatic rings. The van der Waals surface area contributed by atoms with Crippen LogP contribution < -0.4 is 4.74 Å². The summed E-state index contributed by atoms with van der Waals surface area (Å²) in [4.78, 5) is 19.5. The number of carbonyl (C=O) groups is 1. The maximum Gasteiger partial charge on any atom is 0.263 e. The SMILES string of the molecule is CC[C@H](Oc1ccccc1Cl)C(=O)N(C)Cc1nc(-c2cccs2)no1. The number of amides is 1. The molecule has 2 aromatic heterocycles. The zero-order valence-electron chi connectivity index (χ0n) is 14.4. The average Bonchev–Trinajstić information content (AvgIpc) is 3.32. The second-order valence-corrected chi connectivity index (χ2v) is 6.98. The van der Waals surface area contributed by atoms with Crippen LogP contribution in [0.1, 0.15) is 19.2 Å². The topological polar surface area (TPSA) is 68.5 Å². The molecule has 8 heteroatoms. The van der Waals surface area contributed by atoms with Gasteiger partial charge in [0.05, 0.1) is 16.4 Å². The first-order valence-corrected chi connectivity index (χ1v) is 9.37. The number of hydrogen-bond acceptors (Lipinski definition) is 6. The van der Waals surface area contributed by atoms with E-state index in [0.29, 0.717) is 28.9 Å². The number of rotatable bonds is 7. The van der Waals surface area contributed by atoms with Crippen molar-refractivity contribution in [1.29, 1.82) is 0 Å². The van der Waals surface area contributed by atoms with Gasteiger partial charge in [-0.05, 0) is 30.0 Å². The van der Waals surface area contributed by atoms with Gasteiger partial charge in [-0.2, -0.15) is 4.98 Å². The zero-order valence-corrected chi connectivity index (χ0v) is 16.0. The fraction of sp³-hybridized carbons (Fsp3) is 0.278. The van der Waals surface area contributed by atoms with Crippen molar-refractivity contribution in [3.63, 3.8) is 0 Å². The smallest absolute Gasteiger partial charge is 0.263 e. The van der Waals surface area contributed by atoms with Crippen LogP contribution in [0.2, 0.25) is 5.02 Å². The molecule has 0 aliphatic carbocycles. The van der Waals surface area contributed by atoms with Gasteiger partial charge in [0.15, 0.2) is 6.10 Å². The molecule has 26 heavy (non-hydrogen) atoms.